The zero-order valence-electron chi connectivity index (χ0n) is 16.5. The van der Waals surface area contributed by atoms with Gasteiger partial charge in [0.05, 0.1) is 12.0 Å². The average Bonchev–Trinajstić information content (AvgIpc) is 2.84. The predicted octanol–water partition coefficient (Wildman–Crippen LogP) is 3.14. The van der Waals surface area contributed by atoms with Gasteiger partial charge in [0.25, 0.3) is 0 Å². The fraction of sp³-hybridized carbons (Fsp3) is 0.727. The number of ketones is 2. The van der Waals surface area contributed by atoms with Gasteiger partial charge in [-0.2, -0.15) is 0 Å². The van der Waals surface area contributed by atoms with Crippen molar-refractivity contribution in [2.75, 3.05) is 5.88 Å². The van der Waals surface area contributed by atoms with Crippen molar-refractivity contribution in [3.8, 4) is 0 Å². The summed E-state index contributed by atoms with van der Waals surface area (Å²) in [6.45, 7) is 5.38. The first kappa shape index (κ1) is 20.2. The fourth-order valence-corrected chi connectivity index (χ4v) is 7.45. The molecular weight excluding hydrogens is 383 g/mol. The Balaban J connectivity index is 1.84. The van der Waals surface area contributed by atoms with Gasteiger partial charge >= 0.3 is 0 Å². The van der Waals surface area contributed by atoms with E-state index in [9.17, 15) is 19.8 Å². The van der Waals surface area contributed by atoms with Crippen LogP contribution in [0.2, 0.25) is 0 Å². The molecule has 0 aromatic heterocycles. The van der Waals surface area contributed by atoms with Crippen LogP contribution in [-0.4, -0.2) is 45.0 Å². The normalized spacial score (nSPS) is 52.5. The highest BCUT2D eigenvalue weighted by molar-refractivity contribution is 6.29. The van der Waals surface area contributed by atoms with E-state index in [-0.39, 0.29) is 29.9 Å². The zero-order valence-corrected chi connectivity index (χ0v) is 17.3. The maximum Gasteiger partial charge on any atom is 0.179 e. The van der Waals surface area contributed by atoms with E-state index in [0.717, 1.165) is 5.57 Å². The van der Waals surface area contributed by atoms with Crippen molar-refractivity contribution in [1.82, 2.24) is 0 Å². The third-order valence-corrected chi connectivity index (χ3v) is 9.01. The van der Waals surface area contributed by atoms with Crippen LogP contribution in [0.15, 0.2) is 23.8 Å². The molecule has 0 radical (unpaired) electrons. The number of halogens is 2. The highest BCUT2D eigenvalue weighted by Gasteiger charge is 2.75. The van der Waals surface area contributed by atoms with Crippen molar-refractivity contribution in [2.24, 2.45) is 28.6 Å². The molecule has 0 spiro atoms. The molecule has 4 aliphatic carbocycles. The van der Waals surface area contributed by atoms with Crippen LogP contribution in [0.25, 0.3) is 0 Å². The van der Waals surface area contributed by atoms with Gasteiger partial charge in [0, 0.05) is 16.7 Å². The van der Waals surface area contributed by atoms with Crippen molar-refractivity contribution < 1.29 is 24.2 Å². The summed E-state index contributed by atoms with van der Waals surface area (Å²) >= 11 is 5.81. The number of hydrogen-bond donors (Lipinski definition) is 2. The molecular formula is C22H28ClFO4. The van der Waals surface area contributed by atoms with E-state index in [0.29, 0.717) is 19.3 Å². The molecule has 8 atom stereocenters. The molecule has 0 unspecified atom stereocenters. The van der Waals surface area contributed by atoms with Gasteiger partial charge in [0.15, 0.2) is 17.2 Å². The van der Waals surface area contributed by atoms with Gasteiger partial charge in [-0.1, -0.05) is 25.5 Å². The smallest absolute Gasteiger partial charge is 0.179 e. The van der Waals surface area contributed by atoms with Gasteiger partial charge in [-0.25, -0.2) is 4.39 Å². The summed E-state index contributed by atoms with van der Waals surface area (Å²) in [4.78, 5) is 24.5. The van der Waals surface area contributed by atoms with Gasteiger partial charge in [0.2, 0.25) is 0 Å². The molecule has 3 saturated carbocycles. The number of carbonyl (C=O) groups is 2. The Hall–Kier alpha value is -1.04. The Bertz CT molecular complexity index is 808. The lowest BCUT2D eigenvalue weighted by molar-refractivity contribution is -0.218. The summed E-state index contributed by atoms with van der Waals surface area (Å²) in [5.41, 5.74) is -4.90. The maximum atomic E-state index is 16.9. The van der Waals surface area contributed by atoms with Crippen molar-refractivity contribution in [2.45, 2.75) is 63.8 Å². The highest BCUT2D eigenvalue weighted by Crippen LogP contribution is 2.70. The summed E-state index contributed by atoms with van der Waals surface area (Å²) < 4.78 is 16.9. The molecule has 0 aromatic carbocycles. The Labute approximate surface area is 169 Å². The third-order valence-electron chi connectivity index (χ3n) is 8.77. The number of hydrogen-bond acceptors (Lipinski definition) is 4. The van der Waals surface area contributed by atoms with Crippen LogP contribution in [0.4, 0.5) is 4.39 Å². The highest BCUT2D eigenvalue weighted by atomic mass is 35.5. The number of aliphatic hydroxyl groups is 2. The summed E-state index contributed by atoms with van der Waals surface area (Å²) in [5.74, 6) is -2.03. The number of allylic oxidation sites excluding steroid dienone is 4. The fourth-order valence-electron chi connectivity index (χ4n) is 7.24. The monoisotopic (exact) mass is 410 g/mol. The minimum atomic E-state index is -1.95. The number of carbonyl (C=O) groups excluding carboxylic acids is 2. The molecule has 0 saturated heterocycles. The van der Waals surface area contributed by atoms with E-state index in [2.05, 4.69) is 0 Å². The second-order valence-corrected chi connectivity index (χ2v) is 9.99. The zero-order chi connectivity index (χ0) is 20.7. The standard InChI is InChI=1S/C22H28ClFO4/c1-12-8-16-15-5-4-13-9-14(25)6-7-19(13,2)21(15,24)17(26)10-20(16,3)22(12,28)18(27)11-23/h6-7,9,12,15-17,26,28H,4-5,8,10-11H2,1-3H3/t12-,15-,16-,17+,19-,20-,21-,22+/m0/s1. The Morgan fingerprint density at radius 1 is 1.36 bits per heavy atom. The quantitative estimate of drug-likeness (QED) is 0.686. The van der Waals surface area contributed by atoms with E-state index < -0.39 is 39.9 Å². The first-order chi connectivity index (χ1) is 13.0. The van der Waals surface area contributed by atoms with Gasteiger partial charge < -0.3 is 10.2 Å². The van der Waals surface area contributed by atoms with Gasteiger partial charge in [-0.3, -0.25) is 9.59 Å². The van der Waals surface area contributed by atoms with E-state index >= 15 is 4.39 Å². The molecule has 4 aliphatic rings. The van der Waals surface area contributed by atoms with E-state index in [4.69, 9.17) is 11.6 Å². The Morgan fingerprint density at radius 3 is 2.68 bits per heavy atom. The summed E-state index contributed by atoms with van der Waals surface area (Å²) in [5, 5.41) is 22.6. The summed E-state index contributed by atoms with van der Waals surface area (Å²) in [6.07, 6.45) is 4.69. The molecule has 4 nitrogen and oxygen atoms in total. The van der Waals surface area contributed by atoms with Gasteiger partial charge in [-0.15, -0.1) is 11.6 Å². The van der Waals surface area contributed by atoms with Crippen molar-refractivity contribution >= 4 is 23.2 Å². The van der Waals surface area contributed by atoms with E-state index in [1.807, 2.05) is 13.8 Å². The van der Waals surface area contributed by atoms with Crippen molar-refractivity contribution in [1.29, 1.82) is 0 Å². The summed E-state index contributed by atoms with van der Waals surface area (Å²) in [6, 6.07) is 0. The first-order valence-corrected chi connectivity index (χ1v) is 10.6. The average molecular weight is 411 g/mol. The minimum Gasteiger partial charge on any atom is -0.390 e. The largest absolute Gasteiger partial charge is 0.390 e. The summed E-state index contributed by atoms with van der Waals surface area (Å²) in [7, 11) is 0. The SMILES string of the molecule is C[C@H]1C[C@H]2[C@@H]3CCC4=CC(=O)C=C[C@]4(C)[C@@]3(F)[C@H](O)C[C@]2(C)[C@]1(O)C(=O)CCl. The molecule has 3 fully saturated rings. The van der Waals surface area contributed by atoms with Crippen LogP contribution in [0, 0.1) is 28.6 Å². The molecule has 4 rings (SSSR count). The second kappa shape index (κ2) is 5.99. The lowest BCUT2D eigenvalue weighted by Gasteiger charge is -2.62. The van der Waals surface area contributed by atoms with Gasteiger partial charge in [-0.05, 0) is 56.6 Å². The minimum absolute atomic E-state index is 0.0151. The molecule has 2 N–H and O–H groups in total. The number of aliphatic hydroxyl groups excluding tert-OH is 1. The van der Waals surface area contributed by atoms with Crippen LogP contribution in [-0.2, 0) is 9.59 Å². The van der Waals surface area contributed by atoms with E-state index in [1.165, 1.54) is 12.2 Å². The molecule has 0 heterocycles. The number of Topliss-reactive ketones (excluding diaryl/α,β-unsaturated/α-hetero) is 1. The second-order valence-electron chi connectivity index (χ2n) is 9.72. The molecule has 28 heavy (non-hydrogen) atoms. The molecule has 0 bridgehead atoms. The molecule has 0 amide bonds. The molecule has 0 aliphatic heterocycles. The number of alkyl halides is 2. The number of fused-ring (bicyclic) bond motifs is 5. The first-order valence-electron chi connectivity index (χ1n) is 10.1. The number of rotatable bonds is 2. The molecule has 154 valence electrons. The Kier molecular flexibility index (Phi) is 4.33. The lowest BCUT2D eigenvalue weighted by atomic mass is 9.44. The lowest BCUT2D eigenvalue weighted by Crippen LogP contribution is -2.69. The van der Waals surface area contributed by atoms with E-state index in [1.54, 1.807) is 13.0 Å². The maximum absolute atomic E-state index is 16.9. The van der Waals surface area contributed by atoms with Crippen LogP contribution in [0.3, 0.4) is 0 Å². The van der Waals surface area contributed by atoms with Crippen molar-refractivity contribution in [3.05, 3.63) is 23.8 Å². The molecule has 6 heteroatoms. The topological polar surface area (TPSA) is 74.6 Å². The van der Waals surface area contributed by atoms with Crippen LogP contribution < -0.4 is 0 Å². The third kappa shape index (κ3) is 2.08. The van der Waals surface area contributed by atoms with Crippen LogP contribution in [0.5, 0.6) is 0 Å². The van der Waals surface area contributed by atoms with Crippen LogP contribution >= 0.6 is 11.6 Å². The van der Waals surface area contributed by atoms with Crippen LogP contribution in [0.1, 0.15) is 46.5 Å². The van der Waals surface area contributed by atoms with Gasteiger partial charge in [0.1, 0.15) is 5.60 Å². The Morgan fingerprint density at radius 2 is 2.04 bits per heavy atom. The predicted molar refractivity (Wildman–Crippen MR) is 104 cm³/mol. The molecule has 0 aromatic rings. The van der Waals surface area contributed by atoms with Crippen molar-refractivity contribution in [3.63, 3.8) is 0 Å².